The second kappa shape index (κ2) is 8.03. The van der Waals surface area contributed by atoms with Crippen LogP contribution in [0, 0.1) is 5.92 Å². The molecule has 6 nitrogen and oxygen atoms in total. The molecular formula is C24H26N4O2. The molecule has 6 heteroatoms. The zero-order valence-electron chi connectivity index (χ0n) is 17.0. The molecule has 3 aliphatic heterocycles. The van der Waals surface area contributed by atoms with Crippen LogP contribution >= 0.6 is 0 Å². The Kier molecular flexibility index (Phi) is 5.09. The van der Waals surface area contributed by atoms with Crippen molar-refractivity contribution in [2.45, 2.75) is 32.0 Å². The first kappa shape index (κ1) is 19.0. The molecule has 0 aliphatic carbocycles. The molecule has 4 heterocycles. The minimum Gasteiger partial charge on any atom is -0.337 e. The number of carbonyl (C=O) groups excluding carboxylic acids is 1. The molecule has 1 aromatic heterocycles. The molecule has 0 radical (unpaired) electrons. The summed E-state index contributed by atoms with van der Waals surface area (Å²) < 4.78 is 1.45. The quantitative estimate of drug-likeness (QED) is 0.673. The van der Waals surface area contributed by atoms with Crippen LogP contribution in [0.2, 0.25) is 0 Å². The van der Waals surface area contributed by atoms with Crippen LogP contribution in [-0.4, -0.2) is 50.9 Å². The van der Waals surface area contributed by atoms with E-state index < -0.39 is 0 Å². The fourth-order valence-electron chi connectivity index (χ4n) is 4.91. The number of hydrogen-bond donors (Lipinski definition) is 0. The summed E-state index contributed by atoms with van der Waals surface area (Å²) in [6.45, 7) is 3.67. The lowest BCUT2D eigenvalue weighted by Gasteiger charge is -2.36. The van der Waals surface area contributed by atoms with Gasteiger partial charge in [0.25, 0.3) is 5.56 Å². The molecule has 3 aromatic rings. The fraction of sp³-hybridized carbons (Fsp3) is 0.375. The highest BCUT2D eigenvalue weighted by Crippen LogP contribution is 2.29. The van der Waals surface area contributed by atoms with Gasteiger partial charge in [-0.15, -0.1) is 0 Å². The highest BCUT2D eigenvalue weighted by atomic mass is 16.2. The fourth-order valence-corrected chi connectivity index (χ4v) is 4.91. The molecule has 0 spiro atoms. The molecule has 2 atom stereocenters. The second-order valence-electron chi connectivity index (χ2n) is 8.52. The summed E-state index contributed by atoms with van der Waals surface area (Å²) in [4.78, 5) is 34.8. The number of benzene rings is 2. The van der Waals surface area contributed by atoms with E-state index in [-0.39, 0.29) is 24.1 Å². The third-order valence-electron chi connectivity index (χ3n) is 6.40. The third kappa shape index (κ3) is 3.75. The van der Waals surface area contributed by atoms with E-state index in [1.165, 1.54) is 16.5 Å². The first-order chi connectivity index (χ1) is 14.7. The van der Waals surface area contributed by atoms with Crippen LogP contribution in [0.25, 0.3) is 10.9 Å². The Labute approximate surface area is 175 Å². The van der Waals surface area contributed by atoms with Gasteiger partial charge in [-0.2, -0.15) is 0 Å². The van der Waals surface area contributed by atoms with Crippen LogP contribution in [0.1, 0.15) is 18.4 Å². The number of fused-ring (bicyclic) bond motifs is 5. The molecule has 3 saturated heterocycles. The molecular weight excluding hydrogens is 376 g/mol. The van der Waals surface area contributed by atoms with Crippen LogP contribution in [0.3, 0.4) is 0 Å². The van der Waals surface area contributed by atoms with Gasteiger partial charge in [-0.05, 0) is 36.5 Å². The molecule has 2 bridgehead atoms. The van der Waals surface area contributed by atoms with Gasteiger partial charge in [0.2, 0.25) is 5.91 Å². The molecule has 154 valence electrons. The van der Waals surface area contributed by atoms with Gasteiger partial charge >= 0.3 is 0 Å². The van der Waals surface area contributed by atoms with Crippen molar-refractivity contribution in [3.05, 3.63) is 76.8 Å². The van der Waals surface area contributed by atoms with E-state index >= 15 is 0 Å². The van der Waals surface area contributed by atoms with Crippen molar-refractivity contribution in [1.29, 1.82) is 0 Å². The van der Waals surface area contributed by atoms with Crippen molar-refractivity contribution in [2.75, 3.05) is 19.6 Å². The van der Waals surface area contributed by atoms with E-state index in [4.69, 9.17) is 0 Å². The zero-order valence-corrected chi connectivity index (χ0v) is 17.0. The van der Waals surface area contributed by atoms with Crippen molar-refractivity contribution < 1.29 is 4.79 Å². The first-order valence-corrected chi connectivity index (χ1v) is 10.7. The summed E-state index contributed by atoms with van der Waals surface area (Å²) in [5, 5.41) is 0.555. The van der Waals surface area contributed by atoms with E-state index in [2.05, 4.69) is 34.1 Å². The Balaban J connectivity index is 1.32. The predicted octanol–water partition coefficient (Wildman–Crippen LogP) is 2.52. The Morgan fingerprint density at radius 1 is 0.967 bits per heavy atom. The number of piperidine rings is 1. The van der Waals surface area contributed by atoms with Gasteiger partial charge in [-0.1, -0.05) is 42.5 Å². The summed E-state index contributed by atoms with van der Waals surface area (Å²) in [6, 6.07) is 18.0. The third-order valence-corrected chi connectivity index (χ3v) is 6.40. The average Bonchev–Trinajstić information content (AvgIpc) is 3.07. The lowest BCUT2D eigenvalue weighted by atomic mass is 9.95. The van der Waals surface area contributed by atoms with Gasteiger partial charge in [-0.25, -0.2) is 4.98 Å². The summed E-state index contributed by atoms with van der Waals surface area (Å²) in [5.41, 5.74) is 1.82. The summed E-state index contributed by atoms with van der Waals surface area (Å²) in [5.74, 6) is 0.508. The zero-order chi connectivity index (χ0) is 20.5. The van der Waals surface area contributed by atoms with Gasteiger partial charge in [0.15, 0.2) is 0 Å². The van der Waals surface area contributed by atoms with Gasteiger partial charge in [0.1, 0.15) is 6.54 Å². The van der Waals surface area contributed by atoms with Crippen molar-refractivity contribution in [3.63, 3.8) is 0 Å². The smallest absolute Gasteiger partial charge is 0.261 e. The molecule has 1 amide bonds. The maximum atomic E-state index is 13.2. The monoisotopic (exact) mass is 402 g/mol. The van der Waals surface area contributed by atoms with Gasteiger partial charge in [0, 0.05) is 32.2 Å². The number of hydrogen-bond acceptors (Lipinski definition) is 4. The normalized spacial score (nSPS) is 21.7. The molecule has 0 saturated carbocycles. The Bertz CT molecular complexity index is 1110. The average molecular weight is 402 g/mol. The SMILES string of the molecule is O=C(Cn1cnc2ccccc2c1=O)N1C[C@H]2CC[C@@H]1CN(Cc1ccccc1)C2. The topological polar surface area (TPSA) is 58.4 Å². The lowest BCUT2D eigenvalue weighted by Crippen LogP contribution is -2.49. The number of amides is 1. The highest BCUT2D eigenvalue weighted by Gasteiger charge is 2.37. The molecule has 2 aromatic carbocycles. The Morgan fingerprint density at radius 3 is 2.63 bits per heavy atom. The van der Waals surface area contributed by atoms with Crippen molar-refractivity contribution in [2.24, 2.45) is 5.92 Å². The van der Waals surface area contributed by atoms with E-state index in [0.29, 0.717) is 16.8 Å². The molecule has 3 fully saturated rings. The second-order valence-corrected chi connectivity index (χ2v) is 8.52. The number of carbonyl (C=O) groups is 1. The number of rotatable bonds is 4. The molecule has 6 rings (SSSR count). The molecule has 30 heavy (non-hydrogen) atoms. The summed E-state index contributed by atoms with van der Waals surface area (Å²) >= 11 is 0. The number of aromatic nitrogens is 2. The minimum absolute atomic E-state index is 0.0189. The van der Waals surface area contributed by atoms with Crippen LogP contribution in [0.5, 0.6) is 0 Å². The van der Waals surface area contributed by atoms with Gasteiger partial charge < -0.3 is 4.90 Å². The number of para-hydroxylation sites is 1. The van der Waals surface area contributed by atoms with Crippen LogP contribution in [0.15, 0.2) is 65.7 Å². The van der Waals surface area contributed by atoms with Crippen LogP contribution < -0.4 is 5.56 Å². The maximum Gasteiger partial charge on any atom is 0.261 e. The van der Waals surface area contributed by atoms with Crippen LogP contribution in [0.4, 0.5) is 0 Å². The van der Waals surface area contributed by atoms with Gasteiger partial charge in [0.05, 0.1) is 17.2 Å². The van der Waals surface area contributed by atoms with E-state index in [1.54, 1.807) is 6.07 Å². The Hall–Kier alpha value is -2.99. The number of nitrogens with zero attached hydrogens (tertiary/aromatic N) is 4. The van der Waals surface area contributed by atoms with E-state index in [1.807, 2.05) is 29.2 Å². The summed E-state index contributed by atoms with van der Waals surface area (Å²) in [7, 11) is 0. The highest BCUT2D eigenvalue weighted by molar-refractivity contribution is 5.79. The predicted molar refractivity (Wildman–Crippen MR) is 116 cm³/mol. The van der Waals surface area contributed by atoms with Crippen LogP contribution in [-0.2, 0) is 17.9 Å². The minimum atomic E-state index is -0.153. The maximum absolute atomic E-state index is 13.2. The van der Waals surface area contributed by atoms with Crippen molar-refractivity contribution in [1.82, 2.24) is 19.4 Å². The Morgan fingerprint density at radius 2 is 1.77 bits per heavy atom. The molecule has 0 N–H and O–H groups in total. The molecule has 3 aliphatic rings. The van der Waals surface area contributed by atoms with E-state index in [0.717, 1.165) is 39.0 Å². The van der Waals surface area contributed by atoms with Crippen molar-refractivity contribution in [3.8, 4) is 0 Å². The first-order valence-electron chi connectivity index (χ1n) is 10.7. The van der Waals surface area contributed by atoms with Gasteiger partial charge in [-0.3, -0.25) is 19.1 Å². The lowest BCUT2D eigenvalue weighted by molar-refractivity contribution is -0.136. The van der Waals surface area contributed by atoms with Crippen molar-refractivity contribution >= 4 is 16.8 Å². The largest absolute Gasteiger partial charge is 0.337 e. The summed E-state index contributed by atoms with van der Waals surface area (Å²) in [6.07, 6.45) is 3.70. The molecule has 0 unspecified atom stereocenters. The standard InChI is InChI=1S/C24H26N4O2/c29-23(16-27-17-25-22-9-5-4-8-21(22)24(27)30)28-14-19-10-11-20(28)15-26(13-19)12-18-6-2-1-3-7-18/h1-9,17,19-20H,10-16H2/t19-,20+/m0/s1. The van der Waals surface area contributed by atoms with E-state index in [9.17, 15) is 9.59 Å².